The van der Waals surface area contributed by atoms with Crippen LogP contribution >= 0.6 is 0 Å². The molecule has 0 amide bonds. The quantitative estimate of drug-likeness (QED) is 0.0709. The maximum Gasteiger partial charge on any atom is 0.317 e. The molecule has 384 valence electrons. The van der Waals surface area contributed by atoms with E-state index >= 15 is 0 Å². The number of hydrogen-bond donors (Lipinski definition) is 4. The minimum absolute atomic E-state index is 0. The van der Waals surface area contributed by atoms with Gasteiger partial charge in [-0.25, -0.2) is 0 Å². The number of ketones is 1. The smallest absolute Gasteiger partial charge is 0.317 e. The number of unbranched alkanes of at least 4 members (excludes halogenated alkanes) is 3. The van der Waals surface area contributed by atoms with Crippen molar-refractivity contribution in [3.05, 3.63) is 0 Å². The highest BCUT2D eigenvalue weighted by Crippen LogP contribution is 2.14. The van der Waals surface area contributed by atoms with Crippen LogP contribution in [0.1, 0.15) is 73.6 Å². The maximum absolute atomic E-state index is 12.3. The summed E-state index contributed by atoms with van der Waals surface area (Å²) >= 11 is 0. The van der Waals surface area contributed by atoms with Crippen LogP contribution in [-0.2, 0) is 38.4 Å². The van der Waals surface area contributed by atoms with Crippen LogP contribution in [0.5, 0.6) is 0 Å². The molecule has 23 heteroatoms. The van der Waals surface area contributed by atoms with Crippen LogP contribution in [0.2, 0.25) is 0 Å². The fourth-order valence-electron chi connectivity index (χ4n) is 7.53. The molecule has 1 atom stereocenters. The van der Waals surface area contributed by atoms with E-state index in [1.807, 2.05) is 18.7 Å². The summed E-state index contributed by atoms with van der Waals surface area (Å²) in [4.78, 5) is 105. The molecule has 0 spiro atoms. The first-order valence-electron chi connectivity index (χ1n) is 22.1. The zero-order chi connectivity index (χ0) is 48.0. The number of carbonyl (C=O) groups is 8. The molecular formula is C43H79N8O15-3. The molecule has 66 heavy (non-hydrogen) atoms. The second-order valence-electron chi connectivity index (χ2n) is 16.3. The van der Waals surface area contributed by atoms with E-state index in [1.54, 1.807) is 34.3 Å². The zero-order valence-corrected chi connectivity index (χ0v) is 37.6. The summed E-state index contributed by atoms with van der Waals surface area (Å²) < 4.78 is 0. The average molecular weight is 948 g/mol. The third-order valence-electron chi connectivity index (χ3n) is 10.9. The molecule has 2 rings (SSSR count). The number of hydrogen-bond acceptors (Lipinski definition) is 19. The Balaban J connectivity index is 0. The fraction of sp³-hybridized carbons (Fsp3) is 0.814. The fourth-order valence-corrected chi connectivity index (χ4v) is 7.53. The van der Waals surface area contributed by atoms with Crippen molar-refractivity contribution in [2.75, 3.05) is 151 Å². The molecule has 0 saturated carbocycles. The van der Waals surface area contributed by atoms with Crippen LogP contribution in [0.4, 0.5) is 0 Å². The van der Waals surface area contributed by atoms with Gasteiger partial charge in [-0.3, -0.25) is 63.2 Å². The number of carboxylic acid groups (broad SMARTS) is 7. The van der Waals surface area contributed by atoms with Gasteiger partial charge in [0.2, 0.25) is 0 Å². The Morgan fingerprint density at radius 2 is 0.712 bits per heavy atom. The average Bonchev–Trinajstić information content (AvgIpc) is 3.18. The van der Waals surface area contributed by atoms with Crippen molar-refractivity contribution in [1.29, 1.82) is 0 Å². The molecule has 4 N–H and O–H groups in total. The van der Waals surface area contributed by atoms with Crippen LogP contribution in [0, 0.1) is 0 Å². The van der Waals surface area contributed by atoms with Crippen molar-refractivity contribution in [1.82, 2.24) is 39.2 Å². The highest BCUT2D eigenvalue weighted by atomic mass is 16.4. The summed E-state index contributed by atoms with van der Waals surface area (Å²) in [5.74, 6) is -7.66. The molecule has 2 heterocycles. The molecular weight excluding hydrogens is 869 g/mol. The topological polar surface area (TPSA) is 313 Å². The SMILES string of the molecule is C.C.CCCCC(=O)CN1CCN(CC(=O)[O-])CCN(CC(=O)O)CCN(CC(=O)O)CC1.CCCCCC1CN(CC(=O)[O-])CCN(CC(=O)[O-])CCN(CC(=O)O)CCN1CC(=O)O. The number of carboxylic acids is 7. The van der Waals surface area contributed by atoms with Gasteiger partial charge < -0.3 is 50.1 Å². The van der Waals surface area contributed by atoms with E-state index < -0.39 is 41.8 Å². The Morgan fingerprint density at radius 3 is 1.05 bits per heavy atom. The second kappa shape index (κ2) is 36.7. The largest absolute Gasteiger partial charge is 0.549 e. The number of carbonyl (C=O) groups excluding carboxylic acids is 4. The lowest BCUT2D eigenvalue weighted by Gasteiger charge is -2.38. The minimum atomic E-state index is -1.27. The molecule has 0 bridgehead atoms. The zero-order valence-electron chi connectivity index (χ0n) is 37.6. The number of Topliss-reactive ketones (excluding diaryl/α,β-unsaturated/α-hetero) is 1. The Labute approximate surface area is 390 Å². The van der Waals surface area contributed by atoms with Crippen molar-refractivity contribution in [2.24, 2.45) is 0 Å². The minimum Gasteiger partial charge on any atom is -0.549 e. The van der Waals surface area contributed by atoms with Crippen molar-refractivity contribution < 1.29 is 74.1 Å². The molecule has 2 saturated heterocycles. The lowest BCUT2D eigenvalue weighted by molar-refractivity contribution is -0.308. The molecule has 0 aromatic heterocycles. The highest BCUT2D eigenvalue weighted by molar-refractivity contribution is 5.80. The van der Waals surface area contributed by atoms with Gasteiger partial charge in [0.1, 0.15) is 5.78 Å². The van der Waals surface area contributed by atoms with E-state index in [1.165, 1.54) is 0 Å². The number of nitrogens with zero attached hydrogens (tertiary/aromatic N) is 8. The monoisotopic (exact) mass is 948 g/mol. The highest BCUT2D eigenvalue weighted by Gasteiger charge is 2.26. The maximum atomic E-state index is 12.3. The first-order valence-corrected chi connectivity index (χ1v) is 22.1. The Bertz CT molecular complexity index is 1430. The van der Waals surface area contributed by atoms with Gasteiger partial charge in [-0.05, 0) is 12.8 Å². The third kappa shape index (κ3) is 32.3. The van der Waals surface area contributed by atoms with Crippen molar-refractivity contribution in [2.45, 2.75) is 79.7 Å². The summed E-state index contributed by atoms with van der Waals surface area (Å²) in [6.07, 6.45) is 5.64. The van der Waals surface area contributed by atoms with E-state index in [9.17, 15) is 69.0 Å². The molecule has 1 unspecified atom stereocenters. The van der Waals surface area contributed by atoms with Gasteiger partial charge in [0, 0.05) is 130 Å². The number of rotatable bonds is 23. The van der Waals surface area contributed by atoms with Crippen LogP contribution in [0.3, 0.4) is 0 Å². The van der Waals surface area contributed by atoms with Gasteiger partial charge in [-0.1, -0.05) is 54.4 Å². The third-order valence-corrected chi connectivity index (χ3v) is 10.9. The van der Waals surface area contributed by atoms with Gasteiger partial charge >= 0.3 is 23.9 Å². The number of aliphatic carboxylic acids is 7. The van der Waals surface area contributed by atoms with E-state index in [0.717, 1.165) is 32.1 Å². The van der Waals surface area contributed by atoms with E-state index in [-0.39, 0.29) is 125 Å². The van der Waals surface area contributed by atoms with Crippen LogP contribution in [0.25, 0.3) is 0 Å². The summed E-state index contributed by atoms with van der Waals surface area (Å²) in [6.45, 7) is 7.36. The van der Waals surface area contributed by atoms with Crippen molar-refractivity contribution in [3.63, 3.8) is 0 Å². The predicted molar refractivity (Wildman–Crippen MR) is 238 cm³/mol. The lowest BCUT2D eigenvalue weighted by atomic mass is 10.1. The van der Waals surface area contributed by atoms with E-state index in [4.69, 9.17) is 5.11 Å². The Morgan fingerprint density at radius 1 is 0.409 bits per heavy atom. The molecule has 2 fully saturated rings. The summed E-state index contributed by atoms with van der Waals surface area (Å²) in [6, 6.07) is -0.257. The van der Waals surface area contributed by atoms with Gasteiger partial charge in [0.25, 0.3) is 0 Å². The predicted octanol–water partition coefficient (Wildman–Crippen LogP) is -4.02. The molecule has 0 aromatic carbocycles. The first-order chi connectivity index (χ1) is 30.3. The van der Waals surface area contributed by atoms with Crippen LogP contribution in [-0.4, -0.2) is 264 Å². The van der Waals surface area contributed by atoms with Gasteiger partial charge in [0.15, 0.2) is 0 Å². The first kappa shape index (κ1) is 63.7. The van der Waals surface area contributed by atoms with Crippen LogP contribution in [0.15, 0.2) is 0 Å². The molecule has 2 aliphatic rings. The molecule has 0 aromatic rings. The van der Waals surface area contributed by atoms with Gasteiger partial charge in [0.05, 0.1) is 50.6 Å². The van der Waals surface area contributed by atoms with E-state index in [2.05, 4.69) is 0 Å². The molecule has 0 radical (unpaired) electrons. The van der Waals surface area contributed by atoms with Crippen molar-refractivity contribution >= 4 is 47.6 Å². The molecule has 2 aliphatic heterocycles. The summed E-state index contributed by atoms with van der Waals surface area (Å²) in [7, 11) is 0. The summed E-state index contributed by atoms with van der Waals surface area (Å²) in [5.41, 5.74) is 0. The van der Waals surface area contributed by atoms with E-state index in [0.29, 0.717) is 65.2 Å². The second-order valence-corrected chi connectivity index (χ2v) is 16.3. The van der Waals surface area contributed by atoms with Crippen molar-refractivity contribution in [3.8, 4) is 0 Å². The van der Waals surface area contributed by atoms with Gasteiger partial charge in [-0.2, -0.15) is 0 Å². The van der Waals surface area contributed by atoms with Crippen LogP contribution < -0.4 is 15.3 Å². The normalized spacial score (nSPS) is 19.1. The molecule has 0 aliphatic carbocycles. The Kier molecular flexibility index (Phi) is 35.5. The van der Waals surface area contributed by atoms with Gasteiger partial charge in [-0.15, -0.1) is 0 Å². The summed E-state index contributed by atoms with van der Waals surface area (Å²) in [5, 5.41) is 70.7. The molecule has 23 nitrogen and oxygen atoms in total. The Hall–Kier alpha value is -4.36. The standard InChI is InChI=1S/C21H38N4O8.C20H36N4O7.2CH4/c1-2-3-4-5-17-12-24(15-20(30)31)9-8-22(13-18(26)27)6-7-23(14-19(28)29)10-11-25(17)16-21(32)33;1-2-3-4-17(25)13-21-5-7-22(14-18(26)27)9-11-24(16-20(30)31)12-10-23(8-6-21)15-19(28)29;;/h17H,2-16H2,1H3,(H,26,27)(H,28,29)(H,30,31)(H,32,33);2-16H2,1H3,(H,26,27)(H,28,29)(H,30,31);2*1H4/p-3. The lowest BCUT2D eigenvalue weighted by Crippen LogP contribution is -2.54.